The van der Waals surface area contributed by atoms with Gasteiger partial charge < -0.3 is 0 Å². The summed E-state index contributed by atoms with van der Waals surface area (Å²) in [5.41, 5.74) is 5.37. The number of carbonyl (C=O) groups is 1. The molecule has 1 N–H and O–H groups in total. The number of fused-ring (bicyclic) bond motifs is 2. The van der Waals surface area contributed by atoms with Gasteiger partial charge in [0.05, 0.1) is 29.5 Å². The molecule has 1 amide bonds. The van der Waals surface area contributed by atoms with E-state index in [2.05, 4.69) is 40.8 Å². The molecule has 1 aromatic carbocycles. The maximum Gasteiger partial charge on any atom is 0.272 e. The Labute approximate surface area is 186 Å². The van der Waals surface area contributed by atoms with E-state index in [1.807, 2.05) is 6.07 Å². The highest BCUT2D eigenvalue weighted by Gasteiger charge is 2.14. The third kappa shape index (κ3) is 4.11. The number of aromatic nitrogens is 7. The van der Waals surface area contributed by atoms with Crippen LogP contribution in [0.15, 0.2) is 66.3 Å². The van der Waals surface area contributed by atoms with Crippen molar-refractivity contribution in [1.29, 1.82) is 0 Å². The van der Waals surface area contributed by atoms with Crippen LogP contribution in [0.5, 0.6) is 0 Å². The topological polar surface area (TPSA) is 124 Å². The number of halogens is 1. The molecular weight excluding hydrogens is 425 g/mol. The molecular formula is C22H16FN9O. The Morgan fingerprint density at radius 1 is 1.15 bits per heavy atom. The number of hydrazone groups is 1. The predicted octanol–water partition coefficient (Wildman–Crippen LogP) is 2.51. The van der Waals surface area contributed by atoms with Crippen molar-refractivity contribution in [2.45, 2.75) is 13.5 Å². The Morgan fingerprint density at radius 2 is 2.03 bits per heavy atom. The number of pyridine rings is 2. The highest BCUT2D eigenvalue weighted by Crippen LogP contribution is 2.19. The van der Waals surface area contributed by atoms with Gasteiger partial charge in [-0.1, -0.05) is 11.3 Å². The third-order valence-electron chi connectivity index (χ3n) is 4.94. The standard InChI is InChI=1S/C22H16FN9O/c1-13(28-30-22(33)15-5-2-6-24-10-15)19-11-26-20-21(27-19)32(31-29-20)12-16-8-14-4-3-7-25-18(14)9-17(16)23/h2-11H,12H2,1H3,(H,30,33)/b28-13+. The van der Waals surface area contributed by atoms with Gasteiger partial charge >= 0.3 is 0 Å². The Morgan fingerprint density at radius 3 is 2.88 bits per heavy atom. The van der Waals surface area contributed by atoms with Crippen LogP contribution in [0, 0.1) is 5.82 Å². The number of rotatable bonds is 5. The Kier molecular flexibility index (Phi) is 5.19. The normalized spacial score (nSPS) is 11.8. The molecule has 0 unspecified atom stereocenters. The quantitative estimate of drug-likeness (QED) is 0.328. The van der Waals surface area contributed by atoms with E-state index in [4.69, 9.17) is 0 Å². The van der Waals surface area contributed by atoms with Gasteiger partial charge in [0.15, 0.2) is 5.65 Å². The molecule has 0 radical (unpaired) electrons. The molecule has 5 aromatic rings. The molecule has 0 saturated carbocycles. The van der Waals surface area contributed by atoms with Gasteiger partial charge in [0, 0.05) is 35.6 Å². The third-order valence-corrected chi connectivity index (χ3v) is 4.94. The van der Waals surface area contributed by atoms with E-state index in [1.54, 1.807) is 43.6 Å². The van der Waals surface area contributed by atoms with E-state index in [0.29, 0.717) is 39.3 Å². The van der Waals surface area contributed by atoms with Crippen LogP contribution in [-0.4, -0.2) is 46.5 Å². The minimum absolute atomic E-state index is 0.110. The van der Waals surface area contributed by atoms with Crippen molar-refractivity contribution in [3.05, 3.63) is 83.8 Å². The number of amides is 1. The Balaban J connectivity index is 1.42. The largest absolute Gasteiger partial charge is 0.272 e. The highest BCUT2D eigenvalue weighted by molar-refractivity contribution is 6.00. The molecule has 0 aliphatic heterocycles. The summed E-state index contributed by atoms with van der Waals surface area (Å²) in [6.45, 7) is 1.79. The molecule has 0 bridgehead atoms. The molecule has 0 saturated heterocycles. The van der Waals surface area contributed by atoms with Crippen molar-refractivity contribution >= 4 is 33.8 Å². The summed E-state index contributed by atoms with van der Waals surface area (Å²) in [5.74, 6) is -0.797. The van der Waals surface area contributed by atoms with Crippen LogP contribution < -0.4 is 5.43 Å². The fourth-order valence-electron chi connectivity index (χ4n) is 3.21. The molecule has 0 spiro atoms. The van der Waals surface area contributed by atoms with Crippen LogP contribution in [0.1, 0.15) is 28.5 Å². The first-order valence-corrected chi connectivity index (χ1v) is 9.93. The lowest BCUT2D eigenvalue weighted by molar-refractivity contribution is 0.0954. The van der Waals surface area contributed by atoms with Crippen LogP contribution >= 0.6 is 0 Å². The first kappa shape index (κ1) is 20.2. The Hall–Kier alpha value is -4.67. The van der Waals surface area contributed by atoms with Crippen LogP contribution in [0.4, 0.5) is 4.39 Å². The van der Waals surface area contributed by atoms with E-state index < -0.39 is 11.7 Å². The van der Waals surface area contributed by atoms with Crippen molar-refractivity contribution in [2.75, 3.05) is 0 Å². The molecule has 4 heterocycles. The molecule has 10 nitrogen and oxygen atoms in total. The minimum Gasteiger partial charge on any atom is -0.267 e. The maximum atomic E-state index is 14.6. The zero-order valence-electron chi connectivity index (χ0n) is 17.3. The summed E-state index contributed by atoms with van der Waals surface area (Å²) in [5, 5.41) is 13.0. The lowest BCUT2D eigenvalue weighted by atomic mass is 10.1. The molecule has 4 aromatic heterocycles. The molecule has 0 fully saturated rings. The second-order valence-corrected chi connectivity index (χ2v) is 7.17. The van der Waals surface area contributed by atoms with Gasteiger partial charge in [-0.2, -0.15) is 5.10 Å². The molecule has 11 heteroatoms. The summed E-state index contributed by atoms with van der Waals surface area (Å²) in [7, 11) is 0. The van der Waals surface area contributed by atoms with Gasteiger partial charge in [0.25, 0.3) is 5.91 Å². The first-order chi connectivity index (χ1) is 16.1. The molecule has 33 heavy (non-hydrogen) atoms. The van der Waals surface area contributed by atoms with Crippen molar-refractivity contribution in [1.82, 2.24) is 40.4 Å². The zero-order valence-corrected chi connectivity index (χ0v) is 17.3. The smallest absolute Gasteiger partial charge is 0.267 e. The van der Waals surface area contributed by atoms with Crippen molar-refractivity contribution < 1.29 is 9.18 Å². The van der Waals surface area contributed by atoms with Gasteiger partial charge in [-0.05, 0) is 31.2 Å². The Bertz CT molecular complexity index is 1510. The number of hydrogen-bond donors (Lipinski definition) is 1. The van der Waals surface area contributed by atoms with Gasteiger partial charge in [0.1, 0.15) is 11.5 Å². The number of hydrogen-bond acceptors (Lipinski definition) is 8. The van der Waals surface area contributed by atoms with E-state index >= 15 is 0 Å². The van der Waals surface area contributed by atoms with Gasteiger partial charge in [0.2, 0.25) is 5.65 Å². The average Bonchev–Trinajstić information content (AvgIpc) is 3.25. The van der Waals surface area contributed by atoms with Crippen molar-refractivity contribution in [2.24, 2.45) is 5.10 Å². The number of carbonyl (C=O) groups excluding carboxylic acids is 1. The van der Waals surface area contributed by atoms with E-state index in [0.717, 1.165) is 5.39 Å². The minimum atomic E-state index is -0.399. The fourth-order valence-corrected chi connectivity index (χ4v) is 3.21. The van der Waals surface area contributed by atoms with Crippen LogP contribution in [0.2, 0.25) is 0 Å². The van der Waals surface area contributed by atoms with Crippen LogP contribution in [0.25, 0.3) is 22.2 Å². The van der Waals surface area contributed by atoms with Crippen LogP contribution in [-0.2, 0) is 6.54 Å². The highest BCUT2D eigenvalue weighted by atomic mass is 19.1. The number of benzene rings is 1. The van der Waals surface area contributed by atoms with Gasteiger partial charge in [-0.25, -0.2) is 24.5 Å². The molecule has 0 aliphatic carbocycles. The summed E-state index contributed by atoms with van der Waals surface area (Å²) in [6, 6.07) is 10.1. The second kappa shape index (κ2) is 8.46. The van der Waals surface area contributed by atoms with E-state index in [1.165, 1.54) is 23.1 Å². The summed E-state index contributed by atoms with van der Waals surface area (Å²) >= 11 is 0. The average molecular weight is 441 g/mol. The van der Waals surface area contributed by atoms with Crippen molar-refractivity contribution in [3.63, 3.8) is 0 Å². The summed E-state index contributed by atoms with van der Waals surface area (Å²) < 4.78 is 16.1. The van der Waals surface area contributed by atoms with E-state index in [9.17, 15) is 9.18 Å². The second-order valence-electron chi connectivity index (χ2n) is 7.17. The van der Waals surface area contributed by atoms with Crippen LogP contribution in [0.3, 0.4) is 0 Å². The monoisotopic (exact) mass is 441 g/mol. The first-order valence-electron chi connectivity index (χ1n) is 9.93. The number of nitrogens with one attached hydrogen (secondary N) is 1. The number of nitrogens with zero attached hydrogens (tertiary/aromatic N) is 8. The zero-order chi connectivity index (χ0) is 22.8. The lowest BCUT2D eigenvalue weighted by Crippen LogP contribution is -2.19. The molecule has 0 aliphatic rings. The van der Waals surface area contributed by atoms with Crippen molar-refractivity contribution in [3.8, 4) is 0 Å². The van der Waals surface area contributed by atoms with Gasteiger partial charge in [-0.3, -0.25) is 14.8 Å². The SMILES string of the molecule is C/C(=N\NC(=O)c1cccnc1)c1cnc2nnn(Cc3cc4cccnc4cc3F)c2n1. The maximum absolute atomic E-state index is 14.6. The molecule has 5 rings (SSSR count). The fraction of sp³-hybridized carbons (Fsp3) is 0.0909. The van der Waals surface area contributed by atoms with E-state index in [-0.39, 0.29) is 6.54 Å². The summed E-state index contributed by atoms with van der Waals surface area (Å²) in [6.07, 6.45) is 6.12. The molecule has 0 atom stereocenters. The lowest BCUT2D eigenvalue weighted by Gasteiger charge is -2.06. The summed E-state index contributed by atoms with van der Waals surface area (Å²) in [4.78, 5) is 29.0. The van der Waals surface area contributed by atoms with Gasteiger partial charge in [-0.15, -0.1) is 5.10 Å². The molecule has 162 valence electrons. The predicted molar refractivity (Wildman–Crippen MR) is 118 cm³/mol.